The minimum atomic E-state index is 0.549. The Bertz CT molecular complexity index is 144. The maximum Gasteiger partial charge on any atom is 0.0578 e. The van der Waals surface area contributed by atoms with Crippen LogP contribution in [-0.2, 0) is 4.74 Å². The maximum atomic E-state index is 5.71. The summed E-state index contributed by atoms with van der Waals surface area (Å²) in [4.78, 5) is 0. The molecule has 1 nitrogen and oxygen atoms in total. The normalized spacial score (nSPS) is 43.2. The van der Waals surface area contributed by atoms with Crippen molar-refractivity contribution in [3.8, 4) is 0 Å². The highest BCUT2D eigenvalue weighted by Gasteiger charge is 2.33. The van der Waals surface area contributed by atoms with Gasteiger partial charge in [-0.1, -0.05) is 25.7 Å². The summed E-state index contributed by atoms with van der Waals surface area (Å²) in [5, 5.41) is 0. The lowest BCUT2D eigenvalue weighted by Gasteiger charge is -2.22. The van der Waals surface area contributed by atoms with Crippen molar-refractivity contribution in [2.24, 2.45) is 11.8 Å². The molecule has 0 aromatic carbocycles. The van der Waals surface area contributed by atoms with E-state index in [1.165, 1.54) is 38.5 Å². The summed E-state index contributed by atoms with van der Waals surface area (Å²) < 4.78 is 5.71. The number of ether oxygens (including phenoxy) is 1. The Morgan fingerprint density at radius 1 is 1.00 bits per heavy atom. The third-order valence-corrected chi connectivity index (χ3v) is 3.64. The first kappa shape index (κ1) is 8.55. The summed E-state index contributed by atoms with van der Waals surface area (Å²) in [6, 6.07) is 0. The van der Waals surface area contributed by atoms with Crippen LogP contribution >= 0.6 is 0 Å². The molecule has 0 spiro atoms. The van der Waals surface area contributed by atoms with Crippen molar-refractivity contribution in [1.82, 2.24) is 0 Å². The standard InChI is InChI=1S/C11H20O/c1-9-11-7-5-3-2-4-6-10(11)8-12-9/h9-11H,2-8H2,1H3. The van der Waals surface area contributed by atoms with Crippen molar-refractivity contribution in [3.63, 3.8) is 0 Å². The average molecular weight is 168 g/mol. The second-order valence-electron chi connectivity index (χ2n) is 4.45. The van der Waals surface area contributed by atoms with Crippen LogP contribution in [0.3, 0.4) is 0 Å². The Balaban J connectivity index is 1.95. The van der Waals surface area contributed by atoms with Crippen LogP contribution in [0.1, 0.15) is 45.4 Å². The summed E-state index contributed by atoms with van der Waals surface area (Å²) in [5.41, 5.74) is 0. The van der Waals surface area contributed by atoms with Gasteiger partial charge in [0.25, 0.3) is 0 Å². The van der Waals surface area contributed by atoms with Crippen molar-refractivity contribution in [2.75, 3.05) is 6.61 Å². The number of fused-ring (bicyclic) bond motifs is 1. The molecule has 2 aliphatic rings. The topological polar surface area (TPSA) is 9.23 Å². The summed E-state index contributed by atoms with van der Waals surface area (Å²) in [6.07, 6.45) is 9.19. The van der Waals surface area contributed by atoms with Gasteiger partial charge < -0.3 is 4.74 Å². The summed E-state index contributed by atoms with van der Waals surface area (Å²) in [7, 11) is 0. The van der Waals surface area contributed by atoms with E-state index in [1.807, 2.05) is 0 Å². The fourth-order valence-corrected chi connectivity index (χ4v) is 2.81. The first-order valence-electron chi connectivity index (χ1n) is 5.49. The third kappa shape index (κ3) is 1.66. The molecule has 1 heteroatoms. The Morgan fingerprint density at radius 3 is 2.58 bits per heavy atom. The lowest BCUT2D eigenvalue weighted by molar-refractivity contribution is 0.103. The molecule has 1 heterocycles. The molecule has 1 aliphatic heterocycles. The molecular formula is C11H20O. The molecule has 0 N–H and O–H groups in total. The van der Waals surface area contributed by atoms with Gasteiger partial charge in [0.05, 0.1) is 12.7 Å². The van der Waals surface area contributed by atoms with Crippen molar-refractivity contribution in [1.29, 1.82) is 0 Å². The fraction of sp³-hybridized carbons (Fsp3) is 1.00. The molecule has 3 atom stereocenters. The predicted octanol–water partition coefficient (Wildman–Crippen LogP) is 2.99. The van der Waals surface area contributed by atoms with Crippen molar-refractivity contribution in [2.45, 2.75) is 51.6 Å². The van der Waals surface area contributed by atoms with Crippen molar-refractivity contribution >= 4 is 0 Å². The van der Waals surface area contributed by atoms with Gasteiger partial charge in [-0.25, -0.2) is 0 Å². The van der Waals surface area contributed by atoms with E-state index in [0.29, 0.717) is 6.10 Å². The molecule has 0 bridgehead atoms. The zero-order chi connectivity index (χ0) is 8.39. The van der Waals surface area contributed by atoms with Gasteiger partial charge in [-0.05, 0) is 31.6 Å². The number of rotatable bonds is 0. The fourth-order valence-electron chi connectivity index (χ4n) is 2.81. The lowest BCUT2D eigenvalue weighted by Crippen LogP contribution is -2.19. The van der Waals surface area contributed by atoms with Gasteiger partial charge in [-0.15, -0.1) is 0 Å². The van der Waals surface area contributed by atoms with Gasteiger partial charge in [0.2, 0.25) is 0 Å². The Labute approximate surface area is 75.5 Å². The third-order valence-electron chi connectivity index (χ3n) is 3.64. The first-order valence-corrected chi connectivity index (χ1v) is 5.49. The molecular weight excluding hydrogens is 148 g/mol. The predicted molar refractivity (Wildman–Crippen MR) is 50.1 cm³/mol. The zero-order valence-corrected chi connectivity index (χ0v) is 8.09. The Kier molecular flexibility index (Phi) is 2.69. The maximum absolute atomic E-state index is 5.71. The van der Waals surface area contributed by atoms with E-state index in [1.54, 1.807) is 0 Å². The van der Waals surface area contributed by atoms with E-state index >= 15 is 0 Å². The van der Waals surface area contributed by atoms with Gasteiger partial charge in [-0.3, -0.25) is 0 Å². The van der Waals surface area contributed by atoms with E-state index in [9.17, 15) is 0 Å². The lowest BCUT2D eigenvalue weighted by atomic mass is 9.81. The monoisotopic (exact) mass is 168 g/mol. The molecule has 0 amide bonds. The van der Waals surface area contributed by atoms with Crippen LogP contribution in [0.4, 0.5) is 0 Å². The quantitative estimate of drug-likeness (QED) is 0.540. The van der Waals surface area contributed by atoms with Crippen LogP contribution in [0, 0.1) is 11.8 Å². The van der Waals surface area contributed by atoms with Gasteiger partial charge in [0.1, 0.15) is 0 Å². The molecule has 0 aromatic heterocycles. The molecule has 0 radical (unpaired) electrons. The van der Waals surface area contributed by atoms with Crippen molar-refractivity contribution in [3.05, 3.63) is 0 Å². The number of hydrogen-bond acceptors (Lipinski definition) is 1. The molecule has 0 aromatic rings. The Morgan fingerprint density at radius 2 is 1.75 bits per heavy atom. The second-order valence-corrected chi connectivity index (χ2v) is 4.45. The molecule has 1 saturated heterocycles. The average Bonchev–Trinajstić information content (AvgIpc) is 2.31. The second kappa shape index (κ2) is 3.78. The minimum Gasteiger partial charge on any atom is -0.378 e. The van der Waals surface area contributed by atoms with Gasteiger partial charge in [-0.2, -0.15) is 0 Å². The number of hydrogen-bond donors (Lipinski definition) is 0. The molecule has 12 heavy (non-hydrogen) atoms. The Hall–Kier alpha value is -0.0400. The van der Waals surface area contributed by atoms with Gasteiger partial charge >= 0.3 is 0 Å². The van der Waals surface area contributed by atoms with Crippen LogP contribution in [-0.4, -0.2) is 12.7 Å². The zero-order valence-electron chi connectivity index (χ0n) is 8.09. The van der Waals surface area contributed by atoms with Gasteiger partial charge in [0, 0.05) is 0 Å². The highest BCUT2D eigenvalue weighted by atomic mass is 16.5. The van der Waals surface area contributed by atoms with Crippen LogP contribution in [0.2, 0.25) is 0 Å². The van der Waals surface area contributed by atoms with E-state index in [2.05, 4.69) is 6.92 Å². The largest absolute Gasteiger partial charge is 0.378 e. The first-order chi connectivity index (χ1) is 5.88. The minimum absolute atomic E-state index is 0.549. The summed E-state index contributed by atoms with van der Waals surface area (Å²) in [6.45, 7) is 3.30. The van der Waals surface area contributed by atoms with Crippen molar-refractivity contribution < 1.29 is 4.74 Å². The highest BCUT2D eigenvalue weighted by Crippen LogP contribution is 2.36. The molecule has 2 rings (SSSR count). The smallest absolute Gasteiger partial charge is 0.0578 e. The molecule has 1 saturated carbocycles. The van der Waals surface area contributed by atoms with E-state index in [0.717, 1.165) is 18.4 Å². The summed E-state index contributed by atoms with van der Waals surface area (Å²) in [5.74, 6) is 1.80. The molecule has 1 aliphatic carbocycles. The van der Waals surface area contributed by atoms with Crippen LogP contribution in [0.5, 0.6) is 0 Å². The molecule has 2 fully saturated rings. The van der Waals surface area contributed by atoms with Crippen LogP contribution in [0.25, 0.3) is 0 Å². The molecule has 70 valence electrons. The van der Waals surface area contributed by atoms with E-state index in [-0.39, 0.29) is 0 Å². The SMILES string of the molecule is CC1OCC2CCCCCCC21. The van der Waals surface area contributed by atoms with Crippen LogP contribution < -0.4 is 0 Å². The van der Waals surface area contributed by atoms with E-state index < -0.39 is 0 Å². The highest BCUT2D eigenvalue weighted by molar-refractivity contribution is 4.82. The molecule has 3 unspecified atom stereocenters. The van der Waals surface area contributed by atoms with Crippen LogP contribution in [0.15, 0.2) is 0 Å². The van der Waals surface area contributed by atoms with Gasteiger partial charge in [0.15, 0.2) is 0 Å². The van der Waals surface area contributed by atoms with E-state index in [4.69, 9.17) is 4.74 Å². The summed E-state index contributed by atoms with van der Waals surface area (Å²) >= 11 is 0.